The topological polar surface area (TPSA) is 9.23 Å². The fraction of sp³-hybridized carbons (Fsp3) is 0.0400. The maximum Gasteiger partial charge on any atom is 0.432 e. The molecule has 0 saturated carbocycles. The summed E-state index contributed by atoms with van der Waals surface area (Å²) in [5, 5.41) is 0. The van der Waals surface area contributed by atoms with Crippen molar-refractivity contribution >= 4 is 12.6 Å². The maximum atomic E-state index is 14.6. The van der Waals surface area contributed by atoms with Crippen LogP contribution in [-0.4, -0.2) is 0 Å². The van der Waals surface area contributed by atoms with Gasteiger partial charge in [-0.1, -0.05) is 36.4 Å². The van der Waals surface area contributed by atoms with Crippen LogP contribution in [0.25, 0.3) is 22.3 Å². The SMILES string of the molecule is Fc1cc(OC(F)(F)c2c(F)cc(-c3ccc(-c4ccc(S)cc4)cc3)cc2F)cc(F)c1F. The minimum absolute atomic E-state index is 0.0225. The molecule has 0 aromatic heterocycles. The van der Waals surface area contributed by atoms with E-state index in [1.54, 1.807) is 36.4 Å². The van der Waals surface area contributed by atoms with Crippen LogP contribution in [0.3, 0.4) is 0 Å². The molecular weight excluding hydrogens is 481 g/mol. The third kappa shape index (κ3) is 4.75. The Morgan fingerprint density at radius 1 is 0.559 bits per heavy atom. The van der Waals surface area contributed by atoms with E-state index in [0.717, 1.165) is 16.0 Å². The maximum absolute atomic E-state index is 14.6. The van der Waals surface area contributed by atoms with Crippen LogP contribution >= 0.6 is 12.6 Å². The molecule has 9 heteroatoms. The number of alkyl halides is 2. The van der Waals surface area contributed by atoms with Crippen LogP contribution in [0.15, 0.2) is 77.7 Å². The number of benzene rings is 4. The molecule has 1 nitrogen and oxygen atoms in total. The van der Waals surface area contributed by atoms with Crippen LogP contribution in [0.2, 0.25) is 0 Å². The summed E-state index contributed by atoms with van der Waals surface area (Å²) in [6, 6.07) is 15.5. The molecule has 34 heavy (non-hydrogen) atoms. The third-order valence-corrected chi connectivity index (χ3v) is 5.25. The molecule has 0 radical (unpaired) electrons. The summed E-state index contributed by atoms with van der Waals surface area (Å²) in [6.07, 6.45) is -4.65. The lowest BCUT2D eigenvalue weighted by Gasteiger charge is -2.20. The van der Waals surface area contributed by atoms with Gasteiger partial charge in [0.2, 0.25) is 0 Å². The van der Waals surface area contributed by atoms with Gasteiger partial charge in [0.25, 0.3) is 0 Å². The molecule has 0 bridgehead atoms. The van der Waals surface area contributed by atoms with Crippen LogP contribution < -0.4 is 4.74 Å². The van der Waals surface area contributed by atoms with Gasteiger partial charge < -0.3 is 4.74 Å². The molecule has 0 unspecified atom stereocenters. The largest absolute Gasteiger partial charge is 0.432 e. The van der Waals surface area contributed by atoms with Crippen molar-refractivity contribution in [1.29, 1.82) is 0 Å². The van der Waals surface area contributed by atoms with Crippen LogP contribution in [0.5, 0.6) is 5.75 Å². The Hall–Kier alpha value is -3.46. The van der Waals surface area contributed by atoms with Gasteiger partial charge in [-0.25, -0.2) is 22.0 Å². The zero-order chi connectivity index (χ0) is 24.6. The smallest absolute Gasteiger partial charge is 0.429 e. The van der Waals surface area contributed by atoms with Gasteiger partial charge in [0.15, 0.2) is 17.5 Å². The summed E-state index contributed by atoms with van der Waals surface area (Å²) >= 11 is 4.21. The second-order valence-corrected chi connectivity index (χ2v) is 7.78. The molecule has 0 atom stereocenters. The summed E-state index contributed by atoms with van der Waals surface area (Å²) in [4.78, 5) is 0.780. The van der Waals surface area contributed by atoms with Crippen LogP contribution in [0.4, 0.5) is 30.7 Å². The van der Waals surface area contributed by atoms with Crippen molar-refractivity contribution in [3.8, 4) is 28.0 Å². The normalized spacial score (nSPS) is 11.5. The zero-order valence-corrected chi connectivity index (χ0v) is 17.8. The van der Waals surface area contributed by atoms with Gasteiger partial charge >= 0.3 is 6.11 Å². The molecular formula is C25H13F7OS. The molecule has 0 saturated heterocycles. The van der Waals surface area contributed by atoms with Gasteiger partial charge in [0.05, 0.1) is 0 Å². The predicted octanol–water partition coefficient (Wildman–Crippen LogP) is 8.13. The average molecular weight is 494 g/mol. The first kappa shape index (κ1) is 23.7. The van der Waals surface area contributed by atoms with Crippen molar-refractivity contribution in [1.82, 2.24) is 0 Å². The fourth-order valence-corrected chi connectivity index (χ4v) is 3.47. The van der Waals surface area contributed by atoms with Gasteiger partial charge in [-0.05, 0) is 46.5 Å². The minimum atomic E-state index is -4.65. The van der Waals surface area contributed by atoms with E-state index in [1.807, 2.05) is 12.1 Å². The Balaban J connectivity index is 1.63. The highest BCUT2D eigenvalue weighted by Crippen LogP contribution is 2.38. The molecule has 4 aromatic rings. The zero-order valence-electron chi connectivity index (χ0n) is 16.9. The van der Waals surface area contributed by atoms with Gasteiger partial charge in [-0.15, -0.1) is 12.6 Å². The van der Waals surface area contributed by atoms with Crippen LogP contribution in [0, 0.1) is 29.1 Å². The summed E-state index contributed by atoms with van der Waals surface area (Å²) < 4.78 is 102. The highest BCUT2D eigenvalue weighted by molar-refractivity contribution is 7.80. The number of hydrogen-bond donors (Lipinski definition) is 1. The molecule has 0 aliphatic rings. The van der Waals surface area contributed by atoms with Crippen molar-refractivity contribution in [3.05, 3.63) is 107 Å². The molecule has 0 fully saturated rings. The molecule has 0 heterocycles. The molecule has 4 aromatic carbocycles. The number of halogens is 7. The molecule has 174 valence electrons. The van der Waals surface area contributed by atoms with Crippen molar-refractivity contribution in [3.63, 3.8) is 0 Å². The summed E-state index contributed by atoms with van der Waals surface area (Å²) in [5.74, 6) is -9.93. The van der Waals surface area contributed by atoms with E-state index in [-0.39, 0.29) is 17.7 Å². The molecule has 4 rings (SSSR count). The molecule has 0 amide bonds. The Kier molecular flexibility index (Phi) is 6.31. The summed E-state index contributed by atoms with van der Waals surface area (Å²) in [7, 11) is 0. The highest BCUT2D eigenvalue weighted by Gasteiger charge is 2.41. The minimum Gasteiger partial charge on any atom is -0.429 e. The van der Waals surface area contributed by atoms with Crippen molar-refractivity contribution in [2.24, 2.45) is 0 Å². The monoisotopic (exact) mass is 494 g/mol. The second kappa shape index (κ2) is 9.06. The Bertz CT molecular complexity index is 1310. The van der Waals surface area contributed by atoms with Gasteiger partial charge in [-0.3, -0.25) is 0 Å². The average Bonchev–Trinajstić information content (AvgIpc) is 2.77. The van der Waals surface area contributed by atoms with Crippen molar-refractivity contribution in [2.75, 3.05) is 0 Å². The van der Waals surface area contributed by atoms with Gasteiger partial charge in [0, 0.05) is 17.0 Å². The number of thiol groups is 1. The second-order valence-electron chi connectivity index (χ2n) is 7.26. The Morgan fingerprint density at radius 3 is 1.44 bits per heavy atom. The van der Waals surface area contributed by atoms with Crippen LogP contribution in [0.1, 0.15) is 5.56 Å². The molecule has 0 N–H and O–H groups in total. The lowest BCUT2D eigenvalue weighted by atomic mass is 9.99. The lowest BCUT2D eigenvalue weighted by Crippen LogP contribution is -2.25. The van der Waals surface area contributed by atoms with E-state index in [1.165, 1.54) is 0 Å². The van der Waals surface area contributed by atoms with E-state index >= 15 is 0 Å². The van der Waals surface area contributed by atoms with E-state index in [0.29, 0.717) is 17.7 Å². The molecule has 0 spiro atoms. The van der Waals surface area contributed by atoms with Crippen LogP contribution in [-0.2, 0) is 6.11 Å². The number of hydrogen-bond acceptors (Lipinski definition) is 2. The lowest BCUT2D eigenvalue weighted by molar-refractivity contribution is -0.189. The van der Waals surface area contributed by atoms with E-state index in [9.17, 15) is 30.7 Å². The standard InChI is InChI=1S/C25H13F7OS/c26-19-9-16(15-3-1-13(2-4-15)14-5-7-18(34)8-6-14)10-20(27)23(19)25(31,32)33-17-11-21(28)24(30)22(29)12-17/h1-12,34H. The number of ether oxygens (including phenoxy) is 1. The molecule has 0 aliphatic heterocycles. The highest BCUT2D eigenvalue weighted by atomic mass is 32.1. The summed E-state index contributed by atoms with van der Waals surface area (Å²) in [5.41, 5.74) is 0.261. The number of rotatable bonds is 5. The van der Waals surface area contributed by atoms with Crippen molar-refractivity contribution < 1.29 is 35.5 Å². The van der Waals surface area contributed by atoms with E-state index < -0.39 is 46.5 Å². The first-order chi connectivity index (χ1) is 16.0. The molecule has 0 aliphatic carbocycles. The van der Waals surface area contributed by atoms with Crippen molar-refractivity contribution in [2.45, 2.75) is 11.0 Å². The predicted molar refractivity (Wildman–Crippen MR) is 115 cm³/mol. The first-order valence-corrected chi connectivity index (χ1v) is 10.1. The Morgan fingerprint density at radius 2 is 0.971 bits per heavy atom. The quantitative estimate of drug-likeness (QED) is 0.167. The fourth-order valence-electron chi connectivity index (χ4n) is 3.32. The van der Waals surface area contributed by atoms with Gasteiger partial charge in [0.1, 0.15) is 22.9 Å². The summed E-state index contributed by atoms with van der Waals surface area (Å²) in [6.45, 7) is 0. The van der Waals surface area contributed by atoms with Gasteiger partial charge in [-0.2, -0.15) is 8.78 Å². The first-order valence-electron chi connectivity index (χ1n) is 9.66. The van der Waals surface area contributed by atoms with E-state index in [4.69, 9.17) is 0 Å². The Labute approximate surface area is 194 Å². The van der Waals surface area contributed by atoms with E-state index in [2.05, 4.69) is 17.4 Å². The third-order valence-electron chi connectivity index (χ3n) is 4.96.